The number of hydrogen-bond donors (Lipinski definition) is 1. The lowest BCUT2D eigenvalue weighted by Gasteiger charge is -2.06. The van der Waals surface area contributed by atoms with E-state index in [0.717, 1.165) is 42.5 Å². The van der Waals surface area contributed by atoms with Crippen LogP contribution in [0.25, 0.3) is 0 Å². The molecule has 0 aliphatic carbocycles. The van der Waals surface area contributed by atoms with Crippen LogP contribution in [0, 0.1) is 0 Å². The Morgan fingerprint density at radius 2 is 2.17 bits per heavy atom. The molecule has 0 fully saturated rings. The van der Waals surface area contributed by atoms with E-state index in [-0.39, 0.29) is 5.91 Å². The van der Waals surface area contributed by atoms with Crippen LogP contribution in [0.4, 0.5) is 0 Å². The fourth-order valence-electron chi connectivity index (χ4n) is 1.65. The number of halogens is 1. The Labute approximate surface area is 117 Å². The predicted octanol–water partition coefficient (Wildman–Crippen LogP) is 2.92. The number of hydrogen-bond acceptors (Lipinski definition) is 2. The van der Waals surface area contributed by atoms with Crippen LogP contribution in [0.15, 0.2) is 24.3 Å². The van der Waals surface area contributed by atoms with Crippen molar-refractivity contribution >= 4 is 21.8 Å². The molecule has 1 rings (SSSR count). The van der Waals surface area contributed by atoms with Gasteiger partial charge in [0, 0.05) is 11.9 Å². The first-order chi connectivity index (χ1) is 8.76. The summed E-state index contributed by atoms with van der Waals surface area (Å²) in [6.07, 6.45) is 3.75. The molecule has 0 bridgehead atoms. The predicted molar refractivity (Wildman–Crippen MR) is 77.4 cm³/mol. The quantitative estimate of drug-likeness (QED) is 0.592. The van der Waals surface area contributed by atoms with Gasteiger partial charge in [-0.2, -0.15) is 0 Å². The van der Waals surface area contributed by atoms with Gasteiger partial charge in [-0.3, -0.25) is 4.79 Å². The van der Waals surface area contributed by atoms with Crippen molar-refractivity contribution in [2.24, 2.45) is 0 Å². The topological polar surface area (TPSA) is 38.3 Å². The number of ether oxygens (including phenoxy) is 1. The fraction of sp³-hybridized carbons (Fsp3) is 0.500. The molecular formula is C14H20BrNO2. The van der Waals surface area contributed by atoms with Crippen molar-refractivity contribution in [1.82, 2.24) is 5.32 Å². The average molecular weight is 314 g/mol. The van der Waals surface area contributed by atoms with Crippen molar-refractivity contribution in [2.45, 2.75) is 25.7 Å². The molecule has 0 heterocycles. The number of carbonyl (C=O) groups excluding carboxylic acids is 1. The van der Waals surface area contributed by atoms with E-state index < -0.39 is 0 Å². The summed E-state index contributed by atoms with van der Waals surface area (Å²) in [6.45, 7) is 0.760. The summed E-state index contributed by atoms with van der Waals surface area (Å²) in [4.78, 5) is 11.7. The maximum atomic E-state index is 11.7. The van der Waals surface area contributed by atoms with Gasteiger partial charge in [0.25, 0.3) is 0 Å². The summed E-state index contributed by atoms with van der Waals surface area (Å²) in [7, 11) is 1.63. The maximum absolute atomic E-state index is 11.7. The van der Waals surface area contributed by atoms with Gasteiger partial charge >= 0.3 is 0 Å². The van der Waals surface area contributed by atoms with Crippen molar-refractivity contribution < 1.29 is 9.53 Å². The van der Waals surface area contributed by atoms with Crippen molar-refractivity contribution in [1.29, 1.82) is 0 Å². The first-order valence-corrected chi connectivity index (χ1v) is 7.34. The van der Waals surface area contributed by atoms with Gasteiger partial charge in [-0.15, -0.1) is 0 Å². The Morgan fingerprint density at radius 3 is 2.89 bits per heavy atom. The number of amides is 1. The average Bonchev–Trinajstić information content (AvgIpc) is 2.38. The lowest BCUT2D eigenvalue weighted by atomic mass is 10.1. The van der Waals surface area contributed by atoms with Crippen molar-refractivity contribution in [3.63, 3.8) is 0 Å². The molecule has 4 heteroatoms. The second kappa shape index (κ2) is 8.97. The Kier molecular flexibility index (Phi) is 7.49. The number of alkyl halides is 1. The van der Waals surface area contributed by atoms with Gasteiger partial charge in [0.1, 0.15) is 5.75 Å². The summed E-state index contributed by atoms with van der Waals surface area (Å²) in [5.41, 5.74) is 0.979. The van der Waals surface area contributed by atoms with E-state index in [2.05, 4.69) is 21.2 Å². The third-order valence-electron chi connectivity index (χ3n) is 2.63. The number of unbranched alkanes of at least 4 members (excludes halogenated alkanes) is 2. The Hall–Kier alpha value is -1.03. The van der Waals surface area contributed by atoms with E-state index in [9.17, 15) is 4.79 Å². The molecule has 0 unspecified atom stereocenters. The molecule has 0 saturated carbocycles. The minimum absolute atomic E-state index is 0.0714. The Balaban J connectivity index is 2.26. The molecule has 0 aliphatic rings. The zero-order valence-electron chi connectivity index (χ0n) is 10.7. The smallest absolute Gasteiger partial charge is 0.224 e. The molecule has 18 heavy (non-hydrogen) atoms. The van der Waals surface area contributed by atoms with E-state index in [4.69, 9.17) is 4.74 Å². The number of methoxy groups -OCH3 is 1. The van der Waals surface area contributed by atoms with Gasteiger partial charge in [0.2, 0.25) is 5.91 Å². The molecule has 1 amide bonds. The van der Waals surface area contributed by atoms with Gasteiger partial charge in [-0.25, -0.2) is 0 Å². The van der Waals surface area contributed by atoms with Gasteiger partial charge < -0.3 is 10.1 Å². The van der Waals surface area contributed by atoms with Crippen molar-refractivity contribution in [2.75, 3.05) is 19.0 Å². The molecular weight excluding hydrogens is 294 g/mol. The molecule has 3 nitrogen and oxygen atoms in total. The second-order valence-electron chi connectivity index (χ2n) is 4.13. The third kappa shape index (κ3) is 6.05. The van der Waals surface area contributed by atoms with Gasteiger partial charge in [0.15, 0.2) is 0 Å². The van der Waals surface area contributed by atoms with Crippen LogP contribution in [0.3, 0.4) is 0 Å². The van der Waals surface area contributed by atoms with Crippen molar-refractivity contribution in [3.05, 3.63) is 29.8 Å². The number of benzene rings is 1. The monoisotopic (exact) mass is 313 g/mol. The molecule has 0 aromatic heterocycles. The first-order valence-electron chi connectivity index (χ1n) is 6.22. The van der Waals surface area contributed by atoms with E-state index in [1.165, 1.54) is 0 Å². The molecule has 1 N–H and O–H groups in total. The number of rotatable bonds is 8. The third-order valence-corrected chi connectivity index (χ3v) is 3.19. The van der Waals surface area contributed by atoms with E-state index >= 15 is 0 Å². The molecule has 0 atom stereocenters. The molecule has 1 aromatic carbocycles. The SMILES string of the molecule is COc1cccc(CC(=O)NCCCCCBr)c1. The molecule has 100 valence electrons. The van der Waals surface area contributed by atoms with Crippen LogP contribution in [0.5, 0.6) is 5.75 Å². The lowest BCUT2D eigenvalue weighted by molar-refractivity contribution is -0.120. The fourth-order valence-corrected chi connectivity index (χ4v) is 2.05. The van der Waals surface area contributed by atoms with E-state index in [1.807, 2.05) is 24.3 Å². The molecule has 0 aliphatic heterocycles. The van der Waals surface area contributed by atoms with Crippen LogP contribution < -0.4 is 10.1 Å². The number of carbonyl (C=O) groups is 1. The van der Waals surface area contributed by atoms with E-state index in [0.29, 0.717) is 6.42 Å². The van der Waals surface area contributed by atoms with Gasteiger partial charge in [0.05, 0.1) is 13.5 Å². The maximum Gasteiger partial charge on any atom is 0.224 e. The summed E-state index contributed by atoms with van der Waals surface area (Å²) in [5, 5.41) is 3.96. The zero-order chi connectivity index (χ0) is 13.2. The highest BCUT2D eigenvalue weighted by molar-refractivity contribution is 9.09. The molecule has 1 aromatic rings. The minimum Gasteiger partial charge on any atom is -0.497 e. The van der Waals surface area contributed by atoms with E-state index in [1.54, 1.807) is 7.11 Å². The minimum atomic E-state index is 0.0714. The molecule has 0 spiro atoms. The Morgan fingerprint density at radius 1 is 1.33 bits per heavy atom. The highest BCUT2D eigenvalue weighted by Crippen LogP contribution is 2.12. The number of nitrogens with one attached hydrogen (secondary N) is 1. The summed E-state index contributed by atoms with van der Waals surface area (Å²) >= 11 is 3.39. The summed E-state index contributed by atoms with van der Waals surface area (Å²) in [5.74, 6) is 0.861. The highest BCUT2D eigenvalue weighted by Gasteiger charge is 2.03. The first kappa shape index (κ1) is 15.0. The van der Waals surface area contributed by atoms with Gasteiger partial charge in [-0.05, 0) is 30.5 Å². The summed E-state index contributed by atoms with van der Waals surface area (Å²) in [6, 6.07) is 7.61. The lowest BCUT2D eigenvalue weighted by Crippen LogP contribution is -2.26. The van der Waals surface area contributed by atoms with Crippen LogP contribution >= 0.6 is 15.9 Å². The normalized spacial score (nSPS) is 10.1. The summed E-state index contributed by atoms with van der Waals surface area (Å²) < 4.78 is 5.13. The largest absolute Gasteiger partial charge is 0.497 e. The van der Waals surface area contributed by atoms with Gasteiger partial charge in [-0.1, -0.05) is 34.5 Å². The van der Waals surface area contributed by atoms with Crippen molar-refractivity contribution in [3.8, 4) is 5.75 Å². The standard InChI is InChI=1S/C14H20BrNO2/c1-18-13-7-5-6-12(10-13)11-14(17)16-9-4-2-3-8-15/h5-7,10H,2-4,8-9,11H2,1H3,(H,16,17). The van der Waals surface area contributed by atoms with Crippen LogP contribution in [0.1, 0.15) is 24.8 Å². The molecule has 0 saturated heterocycles. The van der Waals surface area contributed by atoms with Crippen LogP contribution in [0.2, 0.25) is 0 Å². The zero-order valence-corrected chi connectivity index (χ0v) is 12.3. The van der Waals surface area contributed by atoms with Crippen LogP contribution in [-0.2, 0) is 11.2 Å². The molecule has 0 radical (unpaired) electrons. The second-order valence-corrected chi connectivity index (χ2v) is 4.92. The highest BCUT2D eigenvalue weighted by atomic mass is 79.9. The Bertz CT molecular complexity index is 369. The van der Waals surface area contributed by atoms with Crippen LogP contribution in [-0.4, -0.2) is 24.9 Å².